The van der Waals surface area contributed by atoms with Crippen molar-refractivity contribution in [1.82, 2.24) is 47.1 Å². The lowest BCUT2D eigenvalue weighted by atomic mass is 9.75. The van der Waals surface area contributed by atoms with Crippen molar-refractivity contribution in [1.29, 1.82) is 0 Å². The second-order valence-corrected chi connectivity index (χ2v) is 21.4. The predicted octanol–water partition coefficient (Wildman–Crippen LogP) is -3.09. The van der Waals surface area contributed by atoms with Gasteiger partial charge in [-0.15, -0.1) is 0 Å². The minimum atomic E-state index is -2.40. The van der Waals surface area contributed by atoms with Gasteiger partial charge in [-0.3, -0.25) is 47.4 Å². The van der Waals surface area contributed by atoms with Crippen LogP contribution in [0.4, 0.5) is 0 Å². The largest absolute Gasteiger partial charge is 0.508 e. The summed E-state index contributed by atoms with van der Waals surface area (Å²) < 4.78 is 14.8. The summed E-state index contributed by atoms with van der Waals surface area (Å²) in [5, 5.41) is 60.7. The van der Waals surface area contributed by atoms with Crippen molar-refractivity contribution in [2.45, 2.75) is 140 Å². The van der Waals surface area contributed by atoms with Crippen LogP contribution >= 0.6 is 0 Å². The number of nitrogens with zero attached hydrogens (tertiary/aromatic N) is 1. The summed E-state index contributed by atoms with van der Waals surface area (Å²) in [4.78, 5) is 131. The molecule has 0 spiro atoms. The van der Waals surface area contributed by atoms with Crippen LogP contribution in [0.15, 0.2) is 23.2 Å². The number of phenolic OH excluding ortho intramolecular Hbond substituents is 1. The van der Waals surface area contributed by atoms with E-state index in [9.17, 15) is 63.0 Å². The molecule has 5 rings (SSSR count). The lowest BCUT2D eigenvalue weighted by Gasteiger charge is -2.38. The Morgan fingerprint density at radius 1 is 0.875 bits per heavy atom. The highest BCUT2D eigenvalue weighted by atomic mass is 32.2. The molecule has 12 atom stereocenters. The molecule has 398 valence electrons. The summed E-state index contributed by atoms with van der Waals surface area (Å²) in [6, 6.07) is -5.44. The van der Waals surface area contributed by atoms with Gasteiger partial charge in [-0.05, 0) is 48.3 Å². The maximum atomic E-state index is 15.0. The van der Waals surface area contributed by atoms with Crippen molar-refractivity contribution >= 4 is 74.9 Å². The highest BCUT2D eigenvalue weighted by Gasteiger charge is 2.47. The number of aromatic amines is 1. The summed E-state index contributed by atoms with van der Waals surface area (Å²) in [5.74, 6) is -12.7. The summed E-state index contributed by atoms with van der Waals surface area (Å²) in [5.41, 5.74) is 5.28. The van der Waals surface area contributed by atoms with Gasteiger partial charge in [-0.2, -0.15) is 0 Å². The van der Waals surface area contributed by atoms with E-state index < -0.39 is 174 Å². The van der Waals surface area contributed by atoms with Crippen LogP contribution in [0.1, 0.15) is 85.6 Å². The van der Waals surface area contributed by atoms with E-state index in [1.54, 1.807) is 13.8 Å². The number of hydrogen-bond donors (Lipinski definition) is 13. The van der Waals surface area contributed by atoms with Gasteiger partial charge in [0.1, 0.15) is 41.0 Å². The number of aliphatic hydroxyl groups excluding tert-OH is 3. The molecular formula is C47H70N10O14S. The summed E-state index contributed by atoms with van der Waals surface area (Å²) in [6.07, 6.45) is -2.73. The molecule has 0 aliphatic carbocycles. The average Bonchev–Trinajstić information content (AvgIpc) is 3.89. The number of aromatic nitrogens is 1. The first-order valence-electron chi connectivity index (χ1n) is 24.2. The fraction of sp³-hybridized carbons (Fsp3) is 0.638. The lowest BCUT2D eigenvalue weighted by molar-refractivity contribution is -0.143. The maximum Gasteiger partial charge on any atom is 0.246 e. The Bertz CT molecular complexity index is 2410. The van der Waals surface area contributed by atoms with Crippen molar-refractivity contribution in [3.63, 3.8) is 0 Å². The number of phenols is 1. The van der Waals surface area contributed by atoms with Crippen LogP contribution in [-0.2, 0) is 60.4 Å². The van der Waals surface area contributed by atoms with Crippen LogP contribution in [0.2, 0.25) is 0 Å². The number of nitrogens with two attached hydrogens (primary N) is 1. The molecule has 9 amide bonds. The third kappa shape index (κ3) is 14.1. The monoisotopic (exact) mass is 1030 g/mol. The first-order valence-corrected chi connectivity index (χ1v) is 25.5. The van der Waals surface area contributed by atoms with Crippen LogP contribution < -0.4 is 43.0 Å². The van der Waals surface area contributed by atoms with Crippen molar-refractivity contribution < 1.29 is 67.8 Å². The van der Waals surface area contributed by atoms with Gasteiger partial charge in [0.15, 0.2) is 0 Å². The fourth-order valence-corrected chi connectivity index (χ4v) is 11.1. The van der Waals surface area contributed by atoms with Crippen LogP contribution in [0, 0.1) is 23.2 Å². The highest BCUT2D eigenvalue weighted by Crippen LogP contribution is 2.37. The van der Waals surface area contributed by atoms with Crippen LogP contribution in [0.25, 0.3) is 10.9 Å². The Balaban J connectivity index is 1.79. The van der Waals surface area contributed by atoms with Crippen LogP contribution in [0.3, 0.4) is 0 Å². The van der Waals surface area contributed by atoms with E-state index >= 15 is 4.79 Å². The van der Waals surface area contributed by atoms with Gasteiger partial charge in [0.2, 0.25) is 53.2 Å². The SMILES string of the molecule is CCCC(C)(C)CC1C(=O)N[C@@H]([C@@H](C)[C@@H](O)CO)C(=O)N[C@@H]2Cc3c([nH]c4cc(O)ccc34)S(=O)C[C@H](NC(=O)CNC(=O)[C@H]([C@@H](C)CC)NC(=O)CNC2=O)C(=O)N[C@@H](CC(N)=O)C(=O)N2C[C@H](O)C[C@@H]12. The molecule has 3 aliphatic rings. The minimum Gasteiger partial charge on any atom is -0.508 e. The first-order chi connectivity index (χ1) is 33.9. The summed E-state index contributed by atoms with van der Waals surface area (Å²) in [7, 11) is -2.40. The molecule has 14 N–H and O–H groups in total. The molecule has 0 saturated carbocycles. The fourth-order valence-electron chi connectivity index (χ4n) is 9.66. The third-order valence-electron chi connectivity index (χ3n) is 13.8. The van der Waals surface area contributed by atoms with Crippen molar-refractivity contribution in [3.8, 4) is 5.75 Å². The quantitative estimate of drug-likeness (QED) is 0.106. The molecule has 72 heavy (non-hydrogen) atoms. The molecule has 3 aliphatic heterocycles. The number of rotatable bonds is 11. The zero-order valence-electron chi connectivity index (χ0n) is 41.4. The molecule has 4 heterocycles. The number of aliphatic hydroxyl groups is 3. The molecule has 2 aromatic rings. The predicted molar refractivity (Wildman–Crippen MR) is 259 cm³/mol. The number of nitrogens with one attached hydrogen (secondary N) is 8. The standard InChI is InChI=1S/C47H70N10O14S/c1-7-11-47(5,6)16-28-33-13-25(60)19-57(33)46(70)31(15-35(48)62)53-42(67)32-21-72(71)45-27(26-10-9-24(59)12-29(26)54-45)14-30(52-44(69)39(56-40(28)65)23(4)34(61)20-58)41(66)49-18-37(64)55-38(22(3)8-2)43(68)50-17-36(63)51-32/h9-10,12,22-23,25,28,30-34,38-39,54,58-61H,7-8,11,13-21H2,1-6H3,(H2,48,62)(H,49,66)(H,50,68)(H,51,63)(H,52,69)(H,53,67)(H,55,64)(H,56,65)/t22-,23-,25+,28?,30+,31-,32-,33-,34-,38-,39-,72?/m0/s1. The molecule has 1 saturated heterocycles. The van der Waals surface area contributed by atoms with Gasteiger partial charge >= 0.3 is 0 Å². The normalized spacial score (nSPS) is 28.1. The van der Waals surface area contributed by atoms with Gasteiger partial charge < -0.3 is 73.3 Å². The van der Waals surface area contributed by atoms with Crippen LogP contribution in [0.5, 0.6) is 5.75 Å². The smallest absolute Gasteiger partial charge is 0.246 e. The van der Waals surface area contributed by atoms with Gasteiger partial charge in [-0.25, -0.2) is 0 Å². The Morgan fingerprint density at radius 3 is 2.18 bits per heavy atom. The molecule has 2 bridgehead atoms. The zero-order valence-corrected chi connectivity index (χ0v) is 42.2. The molecule has 25 heteroatoms. The second-order valence-electron chi connectivity index (χ2n) is 19.9. The van der Waals surface area contributed by atoms with E-state index in [0.717, 1.165) is 4.90 Å². The van der Waals surface area contributed by atoms with E-state index in [1.165, 1.54) is 25.1 Å². The summed E-state index contributed by atoms with van der Waals surface area (Å²) in [6.45, 7) is 7.70. The zero-order chi connectivity index (χ0) is 53.4. The van der Waals surface area contributed by atoms with Gasteiger partial charge in [-0.1, -0.05) is 54.4 Å². The molecule has 1 fully saturated rings. The number of benzene rings is 1. The molecule has 1 aromatic carbocycles. The number of H-pyrrole nitrogens is 1. The lowest BCUT2D eigenvalue weighted by Crippen LogP contribution is -2.61. The Hall–Kier alpha value is -6.18. The number of carbonyl (C=O) groups is 9. The number of hydrogen-bond acceptors (Lipinski definition) is 14. The highest BCUT2D eigenvalue weighted by molar-refractivity contribution is 7.85. The van der Waals surface area contributed by atoms with E-state index in [-0.39, 0.29) is 46.6 Å². The Morgan fingerprint density at radius 2 is 1.54 bits per heavy atom. The second kappa shape index (κ2) is 24.5. The molecule has 24 nitrogen and oxygen atoms in total. The van der Waals surface area contributed by atoms with Gasteiger partial charge in [0.25, 0.3) is 0 Å². The van der Waals surface area contributed by atoms with Gasteiger partial charge in [0.05, 0.1) is 66.3 Å². The van der Waals surface area contributed by atoms with E-state index in [0.29, 0.717) is 19.3 Å². The molecule has 0 radical (unpaired) electrons. The van der Waals surface area contributed by atoms with Crippen molar-refractivity contribution in [3.05, 3.63) is 23.8 Å². The van der Waals surface area contributed by atoms with Gasteiger partial charge in [0, 0.05) is 36.4 Å². The number of amides is 9. The van der Waals surface area contributed by atoms with Crippen LogP contribution in [-0.4, -0.2) is 168 Å². The molecule has 1 aromatic heterocycles. The number of aromatic hydroxyl groups is 1. The number of primary amides is 1. The first kappa shape index (κ1) is 56.7. The molecular weight excluding hydrogens is 961 g/mol. The van der Waals surface area contributed by atoms with E-state index in [2.05, 4.69) is 42.2 Å². The number of fused-ring (bicyclic) bond motifs is 5. The summed E-state index contributed by atoms with van der Waals surface area (Å²) >= 11 is 0. The minimum absolute atomic E-state index is 0.0479. The topological polar surface area (TPSA) is 381 Å². The van der Waals surface area contributed by atoms with E-state index in [4.69, 9.17) is 5.73 Å². The van der Waals surface area contributed by atoms with E-state index in [1.807, 2.05) is 20.8 Å². The number of carbonyl (C=O) groups excluding carboxylic acids is 9. The Kier molecular flexibility index (Phi) is 19.3. The third-order valence-corrected chi connectivity index (χ3v) is 15.2. The van der Waals surface area contributed by atoms with Crippen molar-refractivity contribution in [2.75, 3.05) is 32.0 Å². The maximum absolute atomic E-state index is 15.0. The van der Waals surface area contributed by atoms with Crippen molar-refractivity contribution in [2.24, 2.45) is 28.9 Å². The molecule has 2 unspecified atom stereocenters. The Labute approximate surface area is 418 Å². The average molecular weight is 1030 g/mol.